The van der Waals surface area contributed by atoms with Crippen LogP contribution < -0.4 is 0 Å². The minimum Gasteiger partial charge on any atom is -0.392 e. The van der Waals surface area contributed by atoms with Crippen LogP contribution in [0.15, 0.2) is 0 Å². The van der Waals surface area contributed by atoms with Gasteiger partial charge in [0.2, 0.25) is 0 Å². The van der Waals surface area contributed by atoms with Gasteiger partial charge in [0.05, 0.1) is 26.4 Å². The summed E-state index contributed by atoms with van der Waals surface area (Å²) in [4.78, 5) is 0. The monoisotopic (exact) mass is 404 g/mol. The average molecular weight is 405 g/mol. The van der Waals surface area contributed by atoms with Crippen molar-refractivity contribution in [2.75, 3.05) is 40.6 Å². The van der Waals surface area contributed by atoms with Gasteiger partial charge < -0.3 is 18.3 Å². The Morgan fingerprint density at radius 2 is 0.852 bits per heavy atom. The van der Waals surface area contributed by atoms with Crippen molar-refractivity contribution >= 4 is 8.56 Å². The number of hydrogen-bond acceptors (Lipinski definition) is 4. The fourth-order valence-electron chi connectivity index (χ4n) is 3.43. The summed E-state index contributed by atoms with van der Waals surface area (Å²) in [7, 11) is 1.30. The highest BCUT2D eigenvalue weighted by molar-refractivity contribution is 6.67. The van der Waals surface area contributed by atoms with E-state index in [9.17, 15) is 0 Å². The summed E-state index contributed by atoms with van der Waals surface area (Å²) in [5, 5.41) is 0. The maximum atomic E-state index is 6.41. The largest absolute Gasteiger partial charge is 0.392 e. The van der Waals surface area contributed by atoms with E-state index < -0.39 is 8.56 Å². The molecule has 4 nitrogen and oxygen atoms in total. The molecule has 0 saturated heterocycles. The Bertz CT molecular complexity index is 261. The molecule has 0 unspecified atom stereocenters. The molecule has 0 fully saturated rings. The van der Waals surface area contributed by atoms with Crippen molar-refractivity contribution in [1.82, 2.24) is 0 Å². The van der Waals surface area contributed by atoms with E-state index in [1.165, 1.54) is 77.0 Å². The third-order valence-electron chi connectivity index (χ3n) is 5.13. The molecule has 0 aromatic rings. The molecule has 0 aromatic heterocycles. The second-order valence-corrected chi connectivity index (χ2v) is 11.0. The molecule has 0 amide bonds. The molecule has 5 heteroatoms. The van der Waals surface area contributed by atoms with Gasteiger partial charge in [0, 0.05) is 14.2 Å². The van der Waals surface area contributed by atoms with E-state index in [0.717, 1.165) is 12.1 Å². The Hall–Kier alpha value is 0.0569. The Morgan fingerprint density at radius 3 is 1.22 bits per heavy atom. The molecule has 0 atom stereocenters. The normalized spacial score (nSPS) is 12.0. The highest BCUT2D eigenvalue weighted by atomic mass is 28.4. The van der Waals surface area contributed by atoms with Crippen LogP contribution in [0.4, 0.5) is 0 Å². The average Bonchev–Trinajstić information content (AvgIpc) is 2.67. The lowest BCUT2D eigenvalue weighted by molar-refractivity contribution is 0.0849. The van der Waals surface area contributed by atoms with E-state index in [-0.39, 0.29) is 0 Å². The third-order valence-corrected chi connectivity index (χ3v) is 8.82. The standard InChI is InChI=1S/C22H48O4Si/c1-5-7-9-11-13-15-21-27(25-19-17-23-3,26-20-18-24-4)22-16-14-12-10-8-6-2/h5-22H2,1-4H3. The number of ether oxygens (including phenoxy) is 2. The summed E-state index contributed by atoms with van der Waals surface area (Å²) < 4.78 is 23.3. The van der Waals surface area contributed by atoms with Crippen LogP contribution >= 0.6 is 0 Å². The lowest BCUT2D eigenvalue weighted by Gasteiger charge is -2.31. The van der Waals surface area contributed by atoms with Gasteiger partial charge in [-0.15, -0.1) is 0 Å². The first-order valence-electron chi connectivity index (χ1n) is 11.5. The maximum absolute atomic E-state index is 6.41. The van der Waals surface area contributed by atoms with Gasteiger partial charge >= 0.3 is 8.56 Å². The van der Waals surface area contributed by atoms with E-state index in [1.54, 1.807) is 14.2 Å². The molecular formula is C22H48O4Si. The third kappa shape index (κ3) is 16.7. The first-order valence-corrected chi connectivity index (χ1v) is 13.7. The fraction of sp³-hybridized carbons (Fsp3) is 1.00. The highest BCUT2D eigenvalue weighted by Crippen LogP contribution is 2.26. The molecule has 0 aliphatic carbocycles. The van der Waals surface area contributed by atoms with Crippen molar-refractivity contribution < 1.29 is 18.3 Å². The van der Waals surface area contributed by atoms with Gasteiger partial charge in [0.25, 0.3) is 0 Å². The van der Waals surface area contributed by atoms with E-state index in [2.05, 4.69) is 13.8 Å². The molecule has 0 aromatic carbocycles. The first-order chi connectivity index (χ1) is 13.2. The van der Waals surface area contributed by atoms with E-state index in [0.29, 0.717) is 26.4 Å². The number of unbranched alkanes of at least 4 members (excludes halogenated alkanes) is 10. The van der Waals surface area contributed by atoms with Gasteiger partial charge in [-0.3, -0.25) is 0 Å². The van der Waals surface area contributed by atoms with Crippen molar-refractivity contribution in [3.8, 4) is 0 Å². The second kappa shape index (κ2) is 20.8. The molecule has 0 rings (SSSR count). The van der Waals surface area contributed by atoms with Gasteiger partial charge in [0.1, 0.15) is 0 Å². The van der Waals surface area contributed by atoms with E-state index in [1.807, 2.05) is 0 Å². The zero-order valence-electron chi connectivity index (χ0n) is 18.9. The molecule has 0 N–H and O–H groups in total. The van der Waals surface area contributed by atoms with Crippen LogP contribution in [-0.2, 0) is 18.3 Å². The lowest BCUT2D eigenvalue weighted by atomic mass is 10.1. The Morgan fingerprint density at radius 1 is 0.481 bits per heavy atom. The molecule has 0 radical (unpaired) electrons. The zero-order chi connectivity index (χ0) is 20.1. The molecule has 0 bridgehead atoms. The Balaban J connectivity index is 4.52. The summed E-state index contributed by atoms with van der Waals surface area (Å²) in [5.74, 6) is 0. The maximum Gasteiger partial charge on any atom is 0.338 e. The lowest BCUT2D eigenvalue weighted by Crippen LogP contribution is -2.43. The van der Waals surface area contributed by atoms with Crippen molar-refractivity contribution in [1.29, 1.82) is 0 Å². The van der Waals surface area contributed by atoms with Gasteiger partial charge in [-0.2, -0.15) is 0 Å². The molecular weight excluding hydrogens is 356 g/mol. The van der Waals surface area contributed by atoms with Gasteiger partial charge in [0.15, 0.2) is 0 Å². The predicted molar refractivity (Wildman–Crippen MR) is 118 cm³/mol. The summed E-state index contributed by atoms with van der Waals surface area (Å²) in [5.41, 5.74) is 0. The second-order valence-electron chi connectivity index (χ2n) is 7.63. The fourth-order valence-corrected chi connectivity index (χ4v) is 6.83. The van der Waals surface area contributed by atoms with Crippen molar-refractivity contribution in [2.24, 2.45) is 0 Å². The van der Waals surface area contributed by atoms with Crippen LogP contribution in [0.3, 0.4) is 0 Å². The molecule has 0 spiro atoms. The molecule has 164 valence electrons. The molecule has 27 heavy (non-hydrogen) atoms. The summed E-state index contributed by atoms with van der Waals surface area (Å²) in [6.45, 7) is 7.14. The molecule has 0 heterocycles. The number of methoxy groups -OCH3 is 2. The van der Waals surface area contributed by atoms with E-state index >= 15 is 0 Å². The Kier molecular flexibility index (Phi) is 20.8. The summed E-state index contributed by atoms with van der Waals surface area (Å²) in [6, 6.07) is 2.23. The van der Waals surface area contributed by atoms with Crippen molar-refractivity contribution in [2.45, 2.75) is 103 Å². The van der Waals surface area contributed by atoms with Crippen LogP contribution in [0.1, 0.15) is 90.9 Å². The van der Waals surface area contributed by atoms with Gasteiger partial charge in [-0.25, -0.2) is 0 Å². The number of hydrogen-bond donors (Lipinski definition) is 0. The smallest absolute Gasteiger partial charge is 0.338 e. The van der Waals surface area contributed by atoms with Crippen molar-refractivity contribution in [3.63, 3.8) is 0 Å². The van der Waals surface area contributed by atoms with Gasteiger partial charge in [-0.05, 0) is 12.1 Å². The predicted octanol–water partition coefficient (Wildman–Crippen LogP) is 6.48. The minimum absolute atomic E-state index is 0.648. The van der Waals surface area contributed by atoms with Gasteiger partial charge in [-0.1, -0.05) is 90.9 Å². The van der Waals surface area contributed by atoms with Crippen LogP contribution in [0.2, 0.25) is 12.1 Å². The van der Waals surface area contributed by atoms with E-state index in [4.69, 9.17) is 18.3 Å². The summed E-state index contributed by atoms with van der Waals surface area (Å²) >= 11 is 0. The SMILES string of the molecule is CCCCCCCC[Si](CCCCCCCC)(OCCOC)OCCOC. The number of rotatable bonds is 22. The topological polar surface area (TPSA) is 36.9 Å². The first kappa shape index (κ1) is 27.1. The highest BCUT2D eigenvalue weighted by Gasteiger charge is 2.36. The molecule has 0 saturated carbocycles. The van der Waals surface area contributed by atoms with Crippen LogP contribution in [0.25, 0.3) is 0 Å². The zero-order valence-corrected chi connectivity index (χ0v) is 19.9. The summed E-state index contributed by atoms with van der Waals surface area (Å²) in [6.07, 6.45) is 15.8. The van der Waals surface area contributed by atoms with Crippen molar-refractivity contribution in [3.05, 3.63) is 0 Å². The van der Waals surface area contributed by atoms with Crippen LogP contribution in [0, 0.1) is 0 Å². The molecule has 0 aliphatic rings. The minimum atomic E-state index is -2.17. The van der Waals surface area contributed by atoms with Crippen LogP contribution in [0.5, 0.6) is 0 Å². The molecule has 0 aliphatic heterocycles. The Labute approximate surface area is 170 Å². The quantitative estimate of drug-likeness (QED) is 0.153. The van der Waals surface area contributed by atoms with Crippen LogP contribution in [-0.4, -0.2) is 49.2 Å².